The Labute approximate surface area is 115 Å². The van der Waals surface area contributed by atoms with Crippen LogP contribution in [0.3, 0.4) is 0 Å². The highest BCUT2D eigenvalue weighted by Crippen LogP contribution is 2.16. The molecule has 0 fully saturated rings. The van der Waals surface area contributed by atoms with E-state index in [1.807, 2.05) is 13.2 Å². The number of carbonyl (C=O) groups is 1. The van der Waals surface area contributed by atoms with Crippen molar-refractivity contribution in [3.8, 4) is 0 Å². The molecule has 19 heavy (non-hydrogen) atoms. The highest BCUT2D eigenvalue weighted by atomic mass is 32.2. The molecule has 0 radical (unpaired) electrons. The molecule has 1 aromatic rings. The summed E-state index contributed by atoms with van der Waals surface area (Å²) in [6, 6.07) is 2.69. The van der Waals surface area contributed by atoms with Gasteiger partial charge in [-0.1, -0.05) is 6.92 Å². The summed E-state index contributed by atoms with van der Waals surface area (Å²) in [4.78, 5) is 10.1. The van der Waals surface area contributed by atoms with E-state index < -0.39 is 26.7 Å². The Morgan fingerprint density at radius 2 is 2.16 bits per heavy atom. The van der Waals surface area contributed by atoms with Crippen LogP contribution < -0.4 is 4.72 Å². The van der Waals surface area contributed by atoms with E-state index in [4.69, 9.17) is 5.11 Å². The van der Waals surface area contributed by atoms with Crippen molar-refractivity contribution in [2.75, 3.05) is 12.8 Å². The van der Waals surface area contributed by atoms with Gasteiger partial charge in [-0.3, -0.25) is 0 Å². The summed E-state index contributed by atoms with van der Waals surface area (Å²) in [5.74, 6) is -2.39. The number of nitrogens with one attached hydrogen (secondary N) is 1. The molecule has 1 aromatic carbocycles. The quantitative estimate of drug-likeness (QED) is 0.833. The average molecular weight is 307 g/mol. The molecule has 0 aliphatic heterocycles. The first-order valence-corrected chi connectivity index (χ1v) is 8.10. The number of carboxylic acids is 1. The summed E-state index contributed by atoms with van der Waals surface area (Å²) < 4.78 is 39.6. The fourth-order valence-electron chi connectivity index (χ4n) is 1.24. The molecule has 0 heterocycles. The van der Waals surface area contributed by atoms with Crippen molar-refractivity contribution >= 4 is 27.8 Å². The summed E-state index contributed by atoms with van der Waals surface area (Å²) >= 11 is 1.47. The van der Waals surface area contributed by atoms with Crippen molar-refractivity contribution in [3.63, 3.8) is 0 Å². The number of hydrogen-bond donors (Lipinski definition) is 2. The molecule has 5 nitrogen and oxygen atoms in total. The lowest BCUT2D eigenvalue weighted by atomic mass is 10.2. The summed E-state index contributed by atoms with van der Waals surface area (Å²) in [6.07, 6.45) is 1.83. The zero-order valence-corrected chi connectivity index (χ0v) is 12.0. The predicted molar refractivity (Wildman–Crippen MR) is 71.5 cm³/mol. The Kier molecular flexibility index (Phi) is 5.33. The molecule has 0 aromatic heterocycles. The lowest BCUT2D eigenvalue weighted by Crippen LogP contribution is -2.30. The lowest BCUT2D eigenvalue weighted by Gasteiger charge is -2.11. The van der Waals surface area contributed by atoms with Crippen LogP contribution in [-0.4, -0.2) is 37.5 Å². The van der Waals surface area contributed by atoms with Gasteiger partial charge < -0.3 is 5.11 Å². The third-order valence-electron chi connectivity index (χ3n) is 2.43. The first kappa shape index (κ1) is 15.9. The number of carboxylic acid groups (broad SMARTS) is 1. The number of hydrogen-bond acceptors (Lipinski definition) is 4. The highest BCUT2D eigenvalue weighted by molar-refractivity contribution is 7.99. The Balaban J connectivity index is 2.99. The monoisotopic (exact) mass is 307 g/mol. The van der Waals surface area contributed by atoms with Gasteiger partial charge in [0.1, 0.15) is 10.7 Å². The largest absolute Gasteiger partial charge is 0.478 e. The molecule has 2 N–H and O–H groups in total. The maximum atomic E-state index is 13.6. The van der Waals surface area contributed by atoms with Crippen LogP contribution in [0.5, 0.6) is 0 Å². The normalized spacial score (nSPS) is 13.2. The van der Waals surface area contributed by atoms with Crippen molar-refractivity contribution in [1.82, 2.24) is 4.72 Å². The molecule has 0 saturated carbocycles. The number of halogens is 1. The van der Waals surface area contributed by atoms with Crippen molar-refractivity contribution in [2.24, 2.45) is 0 Å². The number of aromatic carboxylic acids is 1. The van der Waals surface area contributed by atoms with E-state index in [2.05, 4.69) is 4.72 Å². The third kappa shape index (κ3) is 4.19. The van der Waals surface area contributed by atoms with E-state index in [-0.39, 0.29) is 17.4 Å². The molecule has 0 bridgehead atoms. The third-order valence-corrected chi connectivity index (χ3v) is 4.86. The van der Waals surface area contributed by atoms with Crippen LogP contribution in [0.15, 0.2) is 23.1 Å². The molecular formula is C11H14FNO4S2. The number of sulfonamides is 1. The molecule has 1 atom stereocenters. The van der Waals surface area contributed by atoms with Gasteiger partial charge >= 0.3 is 5.97 Å². The molecular weight excluding hydrogens is 293 g/mol. The van der Waals surface area contributed by atoms with Gasteiger partial charge in [0.2, 0.25) is 10.0 Å². The smallest absolute Gasteiger partial charge is 0.335 e. The first-order chi connectivity index (χ1) is 8.77. The Morgan fingerprint density at radius 3 is 2.63 bits per heavy atom. The Hall–Kier alpha value is -1.12. The Bertz CT molecular complexity index is 574. The molecule has 0 aliphatic carbocycles. The van der Waals surface area contributed by atoms with Crippen molar-refractivity contribution in [1.29, 1.82) is 0 Å². The number of rotatable bonds is 6. The summed E-state index contributed by atoms with van der Waals surface area (Å²) in [5, 5.41) is 8.73. The van der Waals surface area contributed by atoms with Gasteiger partial charge in [-0.05, 0) is 24.5 Å². The molecule has 0 saturated heterocycles. The second kappa shape index (κ2) is 6.36. The maximum absolute atomic E-state index is 13.6. The van der Waals surface area contributed by atoms with Gasteiger partial charge in [-0.2, -0.15) is 11.8 Å². The minimum absolute atomic E-state index is 0.0520. The first-order valence-electron chi connectivity index (χ1n) is 5.33. The number of benzene rings is 1. The minimum atomic E-state index is -3.97. The van der Waals surface area contributed by atoms with Crippen LogP contribution in [0.1, 0.15) is 17.3 Å². The fourth-order valence-corrected chi connectivity index (χ4v) is 2.78. The van der Waals surface area contributed by atoms with Crippen molar-refractivity contribution < 1.29 is 22.7 Å². The van der Waals surface area contributed by atoms with Gasteiger partial charge in [0.15, 0.2) is 0 Å². The lowest BCUT2D eigenvalue weighted by molar-refractivity contribution is 0.0696. The van der Waals surface area contributed by atoms with Crippen LogP contribution in [0, 0.1) is 5.82 Å². The van der Waals surface area contributed by atoms with E-state index in [0.717, 1.165) is 12.1 Å². The van der Waals surface area contributed by atoms with Crippen LogP contribution in [0.25, 0.3) is 0 Å². The van der Waals surface area contributed by atoms with E-state index in [1.165, 1.54) is 11.8 Å². The zero-order valence-electron chi connectivity index (χ0n) is 10.4. The average Bonchev–Trinajstić information content (AvgIpc) is 2.35. The van der Waals surface area contributed by atoms with Crippen molar-refractivity contribution in [2.45, 2.75) is 17.1 Å². The Morgan fingerprint density at radius 1 is 1.53 bits per heavy atom. The van der Waals surface area contributed by atoms with Gasteiger partial charge in [-0.25, -0.2) is 22.3 Å². The summed E-state index contributed by atoms with van der Waals surface area (Å²) in [7, 11) is -3.97. The van der Waals surface area contributed by atoms with Crippen molar-refractivity contribution in [3.05, 3.63) is 29.6 Å². The standard InChI is InChI=1S/C11H14FNO4S2/c1-7(18-2)6-13-19(16,17)10-4-3-8(11(14)15)5-9(10)12/h3-5,7,13H,6H2,1-2H3,(H,14,15). The predicted octanol–water partition coefficient (Wildman–Crippen LogP) is 1.55. The molecule has 0 amide bonds. The topological polar surface area (TPSA) is 83.5 Å². The van der Waals surface area contributed by atoms with E-state index >= 15 is 0 Å². The second-order valence-electron chi connectivity index (χ2n) is 3.85. The van der Waals surface area contributed by atoms with Gasteiger partial charge in [-0.15, -0.1) is 0 Å². The molecule has 1 unspecified atom stereocenters. The van der Waals surface area contributed by atoms with E-state index in [9.17, 15) is 17.6 Å². The van der Waals surface area contributed by atoms with Crippen LogP contribution in [0.2, 0.25) is 0 Å². The summed E-state index contributed by atoms with van der Waals surface area (Å²) in [6.45, 7) is 2.00. The molecule has 1 rings (SSSR count). The van der Waals surface area contributed by atoms with Gasteiger partial charge in [0.05, 0.1) is 5.56 Å². The molecule has 8 heteroatoms. The second-order valence-corrected chi connectivity index (χ2v) is 6.86. The van der Waals surface area contributed by atoms with Gasteiger partial charge in [0, 0.05) is 11.8 Å². The zero-order chi connectivity index (χ0) is 14.6. The molecule has 106 valence electrons. The maximum Gasteiger partial charge on any atom is 0.335 e. The fraction of sp³-hybridized carbons (Fsp3) is 0.364. The van der Waals surface area contributed by atoms with Crippen LogP contribution in [-0.2, 0) is 10.0 Å². The van der Waals surface area contributed by atoms with E-state index in [0.29, 0.717) is 6.07 Å². The molecule has 0 aliphatic rings. The highest BCUT2D eigenvalue weighted by Gasteiger charge is 2.20. The number of thioether (sulfide) groups is 1. The molecule has 0 spiro atoms. The van der Waals surface area contributed by atoms with Crippen LogP contribution >= 0.6 is 11.8 Å². The summed E-state index contributed by atoms with van der Waals surface area (Å²) in [5.41, 5.74) is -0.297. The van der Waals surface area contributed by atoms with E-state index in [1.54, 1.807) is 0 Å². The van der Waals surface area contributed by atoms with Crippen LogP contribution in [0.4, 0.5) is 4.39 Å². The minimum Gasteiger partial charge on any atom is -0.478 e. The van der Waals surface area contributed by atoms with Gasteiger partial charge in [0.25, 0.3) is 0 Å². The SMILES string of the molecule is CSC(C)CNS(=O)(=O)c1ccc(C(=O)O)cc1F.